The summed E-state index contributed by atoms with van der Waals surface area (Å²) in [4.78, 5) is 25.9. The molecule has 0 saturated carbocycles. The van der Waals surface area contributed by atoms with E-state index >= 15 is 0 Å². The zero-order valence-corrected chi connectivity index (χ0v) is 17.5. The highest BCUT2D eigenvalue weighted by molar-refractivity contribution is 7.89. The predicted octanol–water partition coefficient (Wildman–Crippen LogP) is 0.457. The lowest BCUT2D eigenvalue weighted by molar-refractivity contribution is -0.129. The molecule has 2 aliphatic heterocycles. The summed E-state index contributed by atoms with van der Waals surface area (Å²) in [7, 11) is -2.41. The van der Waals surface area contributed by atoms with Crippen LogP contribution < -0.4 is 10.1 Å². The van der Waals surface area contributed by atoms with Crippen LogP contribution in [0.25, 0.3) is 0 Å². The third kappa shape index (κ3) is 4.88. The van der Waals surface area contributed by atoms with Gasteiger partial charge in [-0.2, -0.15) is 4.31 Å². The zero-order chi connectivity index (χ0) is 21.0. The smallest absolute Gasteiger partial charge is 0.251 e. The highest BCUT2D eigenvalue weighted by Crippen LogP contribution is 2.28. The minimum atomic E-state index is -3.81. The number of carbonyl (C=O) groups excluding carboxylic acids is 2. The number of piperidine rings is 1. The van der Waals surface area contributed by atoms with Crippen molar-refractivity contribution in [2.24, 2.45) is 0 Å². The maximum Gasteiger partial charge on any atom is 0.251 e. The summed E-state index contributed by atoms with van der Waals surface area (Å²) >= 11 is 0. The molecule has 0 radical (unpaired) electrons. The average molecular weight is 426 g/mol. The number of nitrogens with zero attached hydrogens (tertiary/aromatic N) is 2. The molecule has 1 aromatic carbocycles. The second-order valence-corrected chi connectivity index (χ2v) is 9.04. The number of hydrogen-bond donors (Lipinski definition) is 1. The van der Waals surface area contributed by atoms with Gasteiger partial charge in [0.15, 0.2) is 0 Å². The van der Waals surface area contributed by atoms with E-state index < -0.39 is 10.0 Å². The first-order valence-electron chi connectivity index (χ1n) is 9.65. The first-order valence-corrected chi connectivity index (χ1v) is 11.1. The summed E-state index contributed by atoms with van der Waals surface area (Å²) in [5.74, 6) is -0.113. The molecule has 0 atom stereocenters. The maximum absolute atomic E-state index is 13.1. The van der Waals surface area contributed by atoms with Crippen LogP contribution in [-0.4, -0.2) is 82.0 Å². The molecule has 0 spiro atoms. The zero-order valence-electron chi connectivity index (χ0n) is 16.7. The second-order valence-electron chi connectivity index (χ2n) is 7.14. The minimum absolute atomic E-state index is 0.0269. The van der Waals surface area contributed by atoms with Gasteiger partial charge in [0.25, 0.3) is 5.91 Å². The van der Waals surface area contributed by atoms with Crippen LogP contribution in [0.3, 0.4) is 0 Å². The molecule has 1 aromatic rings. The van der Waals surface area contributed by atoms with Crippen molar-refractivity contribution < 1.29 is 27.5 Å². The Labute approximate surface area is 171 Å². The molecule has 9 nitrogen and oxygen atoms in total. The molecule has 2 saturated heterocycles. The van der Waals surface area contributed by atoms with Gasteiger partial charge in [0, 0.05) is 44.7 Å². The number of ether oxygens (including phenoxy) is 2. The van der Waals surface area contributed by atoms with Crippen LogP contribution in [0.15, 0.2) is 23.1 Å². The molecular weight excluding hydrogens is 398 g/mol. The fourth-order valence-electron chi connectivity index (χ4n) is 3.55. The molecule has 2 amide bonds. The molecule has 29 heavy (non-hydrogen) atoms. The number of rotatable bonds is 5. The van der Waals surface area contributed by atoms with Gasteiger partial charge >= 0.3 is 0 Å². The van der Waals surface area contributed by atoms with Gasteiger partial charge in [-0.05, 0) is 31.0 Å². The first kappa shape index (κ1) is 21.5. The quantitative estimate of drug-likeness (QED) is 0.735. The Morgan fingerprint density at radius 3 is 2.38 bits per heavy atom. The highest BCUT2D eigenvalue weighted by Gasteiger charge is 2.30. The lowest BCUT2D eigenvalue weighted by Crippen LogP contribution is -2.46. The lowest BCUT2D eigenvalue weighted by Gasteiger charge is -2.31. The van der Waals surface area contributed by atoms with Crippen molar-refractivity contribution in [1.29, 1.82) is 0 Å². The standard InChI is InChI=1S/C19H27N3O6S/c1-14(23)21-7-5-16(6-8-21)20-19(24)15-3-4-17(27-2)18(13-15)29(25,26)22-9-11-28-12-10-22/h3-4,13,16H,5-12H2,1-2H3,(H,20,24). The summed E-state index contributed by atoms with van der Waals surface area (Å²) < 4.78 is 37.9. The topological polar surface area (TPSA) is 105 Å². The Bertz CT molecular complexity index is 859. The summed E-state index contributed by atoms with van der Waals surface area (Å²) in [5.41, 5.74) is 0.256. The maximum atomic E-state index is 13.1. The number of benzene rings is 1. The Morgan fingerprint density at radius 2 is 1.79 bits per heavy atom. The number of amides is 2. The van der Waals surface area contributed by atoms with E-state index in [4.69, 9.17) is 9.47 Å². The molecule has 160 valence electrons. The number of likely N-dealkylation sites (tertiary alicyclic amines) is 1. The minimum Gasteiger partial charge on any atom is -0.495 e. The van der Waals surface area contributed by atoms with Gasteiger partial charge in [0.2, 0.25) is 15.9 Å². The van der Waals surface area contributed by atoms with E-state index in [-0.39, 0.29) is 47.2 Å². The molecule has 2 heterocycles. The summed E-state index contributed by atoms with van der Waals surface area (Å²) in [6.45, 7) is 3.92. The van der Waals surface area contributed by atoms with Gasteiger partial charge in [-0.25, -0.2) is 8.42 Å². The molecule has 0 bridgehead atoms. The van der Waals surface area contributed by atoms with Gasteiger partial charge in [-0.1, -0.05) is 0 Å². The van der Waals surface area contributed by atoms with Gasteiger partial charge in [0.05, 0.1) is 20.3 Å². The van der Waals surface area contributed by atoms with Crippen LogP contribution >= 0.6 is 0 Å². The van der Waals surface area contributed by atoms with Crippen molar-refractivity contribution in [3.63, 3.8) is 0 Å². The fraction of sp³-hybridized carbons (Fsp3) is 0.579. The van der Waals surface area contributed by atoms with Gasteiger partial charge in [0.1, 0.15) is 10.6 Å². The van der Waals surface area contributed by atoms with Crippen molar-refractivity contribution >= 4 is 21.8 Å². The summed E-state index contributed by atoms with van der Waals surface area (Å²) in [5, 5.41) is 2.94. The monoisotopic (exact) mass is 425 g/mol. The normalized spacial score (nSPS) is 19.0. The van der Waals surface area contributed by atoms with Gasteiger partial charge in [-0.15, -0.1) is 0 Å². The molecule has 2 aliphatic rings. The summed E-state index contributed by atoms with van der Waals surface area (Å²) in [6.07, 6.45) is 1.33. The van der Waals surface area contributed by atoms with E-state index in [0.717, 1.165) is 0 Å². The van der Waals surface area contributed by atoms with Gasteiger partial charge in [-0.3, -0.25) is 9.59 Å². The molecular formula is C19H27N3O6S. The number of morpholine rings is 1. The third-order valence-electron chi connectivity index (χ3n) is 5.29. The largest absolute Gasteiger partial charge is 0.495 e. The molecule has 3 rings (SSSR count). The van der Waals surface area contributed by atoms with Crippen LogP contribution in [-0.2, 0) is 19.6 Å². The number of sulfonamides is 1. The van der Waals surface area contributed by atoms with Crippen molar-refractivity contribution in [3.8, 4) is 5.75 Å². The average Bonchev–Trinajstić information content (AvgIpc) is 2.74. The number of nitrogens with one attached hydrogen (secondary N) is 1. The van der Waals surface area contributed by atoms with E-state index in [1.807, 2.05) is 0 Å². The van der Waals surface area contributed by atoms with Crippen LogP contribution in [0.2, 0.25) is 0 Å². The Balaban J connectivity index is 1.76. The SMILES string of the molecule is COc1ccc(C(=O)NC2CCN(C(C)=O)CC2)cc1S(=O)(=O)N1CCOCC1. The molecule has 2 fully saturated rings. The predicted molar refractivity (Wildman–Crippen MR) is 105 cm³/mol. The summed E-state index contributed by atoms with van der Waals surface area (Å²) in [6, 6.07) is 4.36. The Kier molecular flexibility index (Phi) is 6.76. The van der Waals surface area contributed by atoms with E-state index in [9.17, 15) is 18.0 Å². The highest BCUT2D eigenvalue weighted by atomic mass is 32.2. The van der Waals surface area contributed by atoms with E-state index in [1.165, 1.54) is 30.5 Å². The van der Waals surface area contributed by atoms with Crippen molar-refractivity contribution in [2.75, 3.05) is 46.5 Å². The number of methoxy groups -OCH3 is 1. The molecule has 0 aliphatic carbocycles. The number of carbonyl (C=O) groups is 2. The van der Waals surface area contributed by atoms with E-state index in [0.29, 0.717) is 39.1 Å². The molecule has 10 heteroatoms. The molecule has 0 unspecified atom stereocenters. The van der Waals surface area contributed by atoms with Crippen LogP contribution in [0.5, 0.6) is 5.75 Å². The van der Waals surface area contributed by atoms with Crippen LogP contribution in [0.4, 0.5) is 0 Å². The Morgan fingerprint density at radius 1 is 1.14 bits per heavy atom. The fourth-order valence-corrected chi connectivity index (χ4v) is 5.14. The van der Waals surface area contributed by atoms with Crippen molar-refractivity contribution in [1.82, 2.24) is 14.5 Å². The lowest BCUT2D eigenvalue weighted by atomic mass is 10.0. The number of hydrogen-bond acceptors (Lipinski definition) is 6. The van der Waals surface area contributed by atoms with Crippen molar-refractivity contribution in [2.45, 2.75) is 30.7 Å². The van der Waals surface area contributed by atoms with E-state index in [1.54, 1.807) is 11.0 Å². The van der Waals surface area contributed by atoms with E-state index in [2.05, 4.69) is 5.32 Å². The van der Waals surface area contributed by atoms with Crippen molar-refractivity contribution in [3.05, 3.63) is 23.8 Å². The van der Waals surface area contributed by atoms with Crippen LogP contribution in [0.1, 0.15) is 30.1 Å². The van der Waals surface area contributed by atoms with Crippen LogP contribution in [0, 0.1) is 0 Å². The molecule has 0 aromatic heterocycles. The third-order valence-corrected chi connectivity index (χ3v) is 7.21. The Hall–Kier alpha value is -2.17. The first-order chi connectivity index (χ1) is 13.8. The second kappa shape index (κ2) is 9.10. The molecule has 1 N–H and O–H groups in total. The van der Waals surface area contributed by atoms with Gasteiger partial charge < -0.3 is 19.7 Å².